The predicted octanol–water partition coefficient (Wildman–Crippen LogP) is 2.77. The molecule has 1 aromatic rings. The SMILES string of the molecule is O=C1CCN(C(=O)OCc2ccccc2)[C@H](C2CC2)C1. The minimum Gasteiger partial charge on any atom is -0.445 e. The Morgan fingerprint density at radius 2 is 2.00 bits per heavy atom. The summed E-state index contributed by atoms with van der Waals surface area (Å²) in [6.07, 6.45) is 2.94. The van der Waals surface area contributed by atoms with Crippen molar-refractivity contribution in [2.45, 2.75) is 38.3 Å². The fourth-order valence-corrected chi connectivity index (χ4v) is 2.79. The van der Waals surface area contributed by atoms with E-state index in [1.165, 1.54) is 0 Å². The van der Waals surface area contributed by atoms with E-state index in [0.717, 1.165) is 18.4 Å². The number of likely N-dealkylation sites (tertiary alicyclic amines) is 1. The van der Waals surface area contributed by atoms with Crippen molar-refractivity contribution in [3.63, 3.8) is 0 Å². The third-order valence-corrected chi connectivity index (χ3v) is 4.07. The number of nitrogens with zero attached hydrogens (tertiary/aromatic N) is 1. The molecule has 0 spiro atoms. The smallest absolute Gasteiger partial charge is 0.410 e. The van der Waals surface area contributed by atoms with Gasteiger partial charge >= 0.3 is 6.09 Å². The number of amides is 1. The number of hydrogen-bond donors (Lipinski definition) is 0. The summed E-state index contributed by atoms with van der Waals surface area (Å²) in [5.41, 5.74) is 0.983. The first-order chi connectivity index (χ1) is 9.74. The molecule has 0 N–H and O–H groups in total. The van der Waals surface area contributed by atoms with Gasteiger partial charge in [0.15, 0.2) is 0 Å². The Labute approximate surface area is 118 Å². The van der Waals surface area contributed by atoms with Crippen LogP contribution in [0.2, 0.25) is 0 Å². The van der Waals surface area contributed by atoms with Crippen molar-refractivity contribution in [2.24, 2.45) is 5.92 Å². The van der Waals surface area contributed by atoms with Crippen LogP contribution in [-0.4, -0.2) is 29.4 Å². The van der Waals surface area contributed by atoms with Gasteiger partial charge in [-0.2, -0.15) is 0 Å². The maximum atomic E-state index is 12.2. The highest BCUT2D eigenvalue weighted by molar-refractivity contribution is 5.82. The molecule has 0 unspecified atom stereocenters. The third-order valence-electron chi connectivity index (χ3n) is 4.07. The number of Topliss-reactive ketones (excluding diaryl/α,β-unsaturated/α-hetero) is 1. The van der Waals surface area contributed by atoms with Gasteiger partial charge in [-0.3, -0.25) is 4.79 Å². The van der Waals surface area contributed by atoms with E-state index in [2.05, 4.69) is 0 Å². The van der Waals surface area contributed by atoms with Crippen molar-refractivity contribution in [3.05, 3.63) is 35.9 Å². The number of ether oxygens (including phenoxy) is 1. The molecule has 1 aliphatic carbocycles. The molecular formula is C16H19NO3. The van der Waals surface area contributed by atoms with Crippen LogP contribution < -0.4 is 0 Å². The quantitative estimate of drug-likeness (QED) is 0.850. The van der Waals surface area contributed by atoms with Crippen LogP contribution in [0, 0.1) is 5.92 Å². The average Bonchev–Trinajstić information content (AvgIpc) is 3.30. The van der Waals surface area contributed by atoms with Crippen LogP contribution in [0.1, 0.15) is 31.2 Å². The van der Waals surface area contributed by atoms with Crippen molar-refractivity contribution in [1.82, 2.24) is 4.90 Å². The second kappa shape index (κ2) is 5.65. The van der Waals surface area contributed by atoms with Gasteiger partial charge in [0.2, 0.25) is 0 Å². The van der Waals surface area contributed by atoms with Gasteiger partial charge in [0.1, 0.15) is 12.4 Å². The summed E-state index contributed by atoms with van der Waals surface area (Å²) in [6.45, 7) is 0.801. The van der Waals surface area contributed by atoms with E-state index < -0.39 is 0 Å². The van der Waals surface area contributed by atoms with Gasteiger partial charge in [-0.25, -0.2) is 4.79 Å². The van der Waals surface area contributed by atoms with Crippen molar-refractivity contribution < 1.29 is 14.3 Å². The van der Waals surface area contributed by atoms with Crippen molar-refractivity contribution in [3.8, 4) is 0 Å². The number of ketones is 1. The largest absolute Gasteiger partial charge is 0.445 e. The molecule has 1 saturated heterocycles. The predicted molar refractivity (Wildman–Crippen MR) is 74.1 cm³/mol. The molecule has 0 aromatic heterocycles. The minimum absolute atomic E-state index is 0.0690. The molecule has 0 bridgehead atoms. The van der Waals surface area contributed by atoms with Gasteiger partial charge in [0.25, 0.3) is 0 Å². The Hall–Kier alpha value is -1.84. The number of carbonyl (C=O) groups excluding carboxylic acids is 2. The van der Waals surface area contributed by atoms with E-state index in [9.17, 15) is 9.59 Å². The summed E-state index contributed by atoms with van der Waals surface area (Å²) in [7, 11) is 0. The molecule has 3 rings (SSSR count). The molecule has 106 valence electrons. The molecule has 1 aliphatic heterocycles. The molecule has 1 heterocycles. The van der Waals surface area contributed by atoms with Crippen LogP contribution in [0.4, 0.5) is 4.79 Å². The number of benzene rings is 1. The minimum atomic E-state index is -0.279. The lowest BCUT2D eigenvalue weighted by molar-refractivity contribution is -0.123. The van der Waals surface area contributed by atoms with Gasteiger partial charge in [-0.05, 0) is 24.3 Å². The summed E-state index contributed by atoms with van der Waals surface area (Å²) in [5.74, 6) is 0.775. The van der Waals surface area contributed by atoms with Gasteiger partial charge < -0.3 is 9.64 Å². The molecule has 2 aliphatic rings. The first-order valence-electron chi connectivity index (χ1n) is 7.23. The number of piperidine rings is 1. The highest BCUT2D eigenvalue weighted by atomic mass is 16.6. The number of hydrogen-bond acceptors (Lipinski definition) is 3. The van der Waals surface area contributed by atoms with Gasteiger partial charge in [-0.15, -0.1) is 0 Å². The molecule has 4 heteroatoms. The molecule has 1 saturated carbocycles. The molecule has 20 heavy (non-hydrogen) atoms. The molecule has 1 amide bonds. The van der Waals surface area contributed by atoms with Gasteiger partial charge in [0.05, 0.1) is 0 Å². The Bertz CT molecular complexity index is 496. The molecule has 1 atom stereocenters. The van der Waals surface area contributed by atoms with E-state index in [-0.39, 0.29) is 17.9 Å². The Morgan fingerprint density at radius 3 is 2.70 bits per heavy atom. The lowest BCUT2D eigenvalue weighted by Gasteiger charge is -2.34. The van der Waals surface area contributed by atoms with E-state index in [1.54, 1.807) is 4.90 Å². The van der Waals surface area contributed by atoms with E-state index in [4.69, 9.17) is 4.74 Å². The van der Waals surface area contributed by atoms with Crippen LogP contribution in [0.5, 0.6) is 0 Å². The highest BCUT2D eigenvalue weighted by Crippen LogP contribution is 2.39. The summed E-state index contributed by atoms with van der Waals surface area (Å²) >= 11 is 0. The second-order valence-electron chi connectivity index (χ2n) is 5.63. The summed E-state index contributed by atoms with van der Waals surface area (Å²) < 4.78 is 5.39. The maximum absolute atomic E-state index is 12.2. The molecule has 4 nitrogen and oxygen atoms in total. The lowest BCUT2D eigenvalue weighted by atomic mass is 9.97. The van der Waals surface area contributed by atoms with E-state index in [0.29, 0.717) is 31.9 Å². The first-order valence-corrected chi connectivity index (χ1v) is 7.23. The fourth-order valence-electron chi connectivity index (χ4n) is 2.79. The van der Waals surface area contributed by atoms with Crippen LogP contribution in [0.15, 0.2) is 30.3 Å². The van der Waals surface area contributed by atoms with Gasteiger partial charge in [-0.1, -0.05) is 30.3 Å². The van der Waals surface area contributed by atoms with E-state index >= 15 is 0 Å². The Kier molecular flexibility index (Phi) is 3.72. The normalized spacial score (nSPS) is 22.7. The monoisotopic (exact) mass is 273 g/mol. The van der Waals surface area contributed by atoms with Crippen LogP contribution in [-0.2, 0) is 16.1 Å². The number of carbonyl (C=O) groups is 2. The molecular weight excluding hydrogens is 254 g/mol. The average molecular weight is 273 g/mol. The summed E-state index contributed by atoms with van der Waals surface area (Å²) in [5, 5.41) is 0. The second-order valence-corrected chi connectivity index (χ2v) is 5.63. The summed E-state index contributed by atoms with van der Waals surface area (Å²) in [6, 6.07) is 9.73. The molecule has 2 fully saturated rings. The Morgan fingerprint density at radius 1 is 1.25 bits per heavy atom. The zero-order chi connectivity index (χ0) is 13.9. The Balaban J connectivity index is 1.59. The topological polar surface area (TPSA) is 46.6 Å². The van der Waals surface area contributed by atoms with Crippen molar-refractivity contribution in [1.29, 1.82) is 0 Å². The first kappa shape index (κ1) is 13.2. The zero-order valence-corrected chi connectivity index (χ0v) is 11.5. The lowest BCUT2D eigenvalue weighted by Crippen LogP contribution is -2.47. The highest BCUT2D eigenvalue weighted by Gasteiger charge is 2.41. The van der Waals surface area contributed by atoms with Crippen molar-refractivity contribution >= 4 is 11.9 Å². The number of rotatable bonds is 3. The van der Waals surface area contributed by atoms with Crippen LogP contribution in [0.3, 0.4) is 0 Å². The molecule has 0 radical (unpaired) electrons. The fraction of sp³-hybridized carbons (Fsp3) is 0.500. The van der Waals surface area contributed by atoms with E-state index in [1.807, 2.05) is 30.3 Å². The maximum Gasteiger partial charge on any atom is 0.410 e. The van der Waals surface area contributed by atoms with Crippen LogP contribution in [0.25, 0.3) is 0 Å². The van der Waals surface area contributed by atoms with Crippen molar-refractivity contribution in [2.75, 3.05) is 6.54 Å². The zero-order valence-electron chi connectivity index (χ0n) is 11.5. The van der Waals surface area contributed by atoms with Gasteiger partial charge in [0, 0.05) is 25.4 Å². The third kappa shape index (κ3) is 3.00. The standard InChI is InChI=1S/C16H19NO3/c18-14-8-9-17(15(10-14)13-6-7-13)16(19)20-11-12-4-2-1-3-5-12/h1-5,13,15H,6-11H2/t15-/m0/s1. The van der Waals surface area contributed by atoms with Crippen LogP contribution >= 0.6 is 0 Å². The molecule has 1 aromatic carbocycles. The summed E-state index contributed by atoms with van der Waals surface area (Å²) in [4.78, 5) is 25.6.